The Kier molecular flexibility index (Phi) is 5.28. The summed E-state index contributed by atoms with van der Waals surface area (Å²) in [7, 11) is 0. The summed E-state index contributed by atoms with van der Waals surface area (Å²) in [6.45, 7) is 0. The Morgan fingerprint density at radius 3 is 2.39 bits per heavy atom. The summed E-state index contributed by atoms with van der Waals surface area (Å²) >= 11 is 11.4. The molecule has 0 spiro atoms. The molecule has 8 heteroatoms. The molecule has 0 N–H and O–H groups in total. The van der Waals surface area contributed by atoms with Gasteiger partial charge in [0.1, 0.15) is 5.75 Å². The lowest BCUT2D eigenvalue weighted by Gasteiger charge is -2.07. The fourth-order valence-corrected chi connectivity index (χ4v) is 1.88. The highest BCUT2D eigenvalue weighted by Gasteiger charge is 2.31. The molecule has 0 aliphatic carbocycles. The van der Waals surface area contributed by atoms with Gasteiger partial charge in [0.2, 0.25) is 0 Å². The highest BCUT2D eigenvalue weighted by Crippen LogP contribution is 2.31. The van der Waals surface area contributed by atoms with Crippen LogP contribution in [0.5, 0.6) is 5.75 Å². The zero-order valence-corrected chi connectivity index (χ0v) is 12.8. The van der Waals surface area contributed by atoms with Gasteiger partial charge in [-0.25, -0.2) is 4.79 Å². The maximum Gasteiger partial charge on any atom is 0.417 e. The number of nitrogens with zero attached hydrogens (tertiary/aromatic N) is 1. The summed E-state index contributed by atoms with van der Waals surface area (Å²) in [6.07, 6.45) is -1.72. The van der Waals surface area contributed by atoms with Gasteiger partial charge >= 0.3 is 12.1 Å². The van der Waals surface area contributed by atoms with Gasteiger partial charge in [0.15, 0.2) is 0 Å². The first-order chi connectivity index (χ1) is 10.8. The van der Waals surface area contributed by atoms with E-state index in [-0.39, 0.29) is 16.5 Å². The number of carbonyl (C=O) groups is 1. The van der Waals surface area contributed by atoms with Crippen molar-refractivity contribution in [3.8, 4) is 5.75 Å². The molecule has 2 aromatic rings. The van der Waals surface area contributed by atoms with Crippen LogP contribution >= 0.6 is 23.2 Å². The van der Waals surface area contributed by atoms with E-state index in [2.05, 4.69) is 4.98 Å². The van der Waals surface area contributed by atoms with Crippen molar-refractivity contribution in [2.75, 3.05) is 0 Å². The van der Waals surface area contributed by atoms with Gasteiger partial charge in [0.05, 0.1) is 16.3 Å². The number of hydrogen-bond donors (Lipinski definition) is 0. The molecule has 0 radical (unpaired) electrons. The second kappa shape index (κ2) is 7.02. The zero-order chi connectivity index (χ0) is 17.0. The molecule has 0 unspecified atom stereocenters. The standard InChI is InChI=1S/C15H8Cl2F3NO2/c16-10-1-3-11(4-2-10)23-14(22)6-5-13-12(17)7-9(8-21-13)15(18,19)20/h1-8H/b6-5+. The van der Waals surface area contributed by atoms with Crippen molar-refractivity contribution in [1.29, 1.82) is 0 Å². The first kappa shape index (κ1) is 17.3. The number of esters is 1. The van der Waals surface area contributed by atoms with Crippen LogP contribution in [0.25, 0.3) is 6.08 Å². The van der Waals surface area contributed by atoms with Crippen molar-refractivity contribution in [3.05, 3.63) is 63.9 Å². The van der Waals surface area contributed by atoms with E-state index in [1.54, 1.807) is 12.1 Å². The molecule has 120 valence electrons. The predicted octanol–water partition coefficient (Wildman–Crippen LogP) is 5.03. The molecule has 0 atom stereocenters. The maximum atomic E-state index is 12.5. The Bertz CT molecular complexity index is 743. The molecule has 0 aliphatic heterocycles. The topological polar surface area (TPSA) is 39.2 Å². The molecule has 0 saturated carbocycles. The van der Waals surface area contributed by atoms with Crippen molar-refractivity contribution < 1.29 is 22.7 Å². The predicted molar refractivity (Wildman–Crippen MR) is 80.4 cm³/mol. The van der Waals surface area contributed by atoms with Crippen LogP contribution in [0.1, 0.15) is 11.3 Å². The molecule has 0 aliphatic rings. The Balaban J connectivity index is 2.07. The number of carbonyl (C=O) groups excluding carboxylic acids is 1. The van der Waals surface area contributed by atoms with E-state index in [0.29, 0.717) is 11.2 Å². The number of alkyl halides is 3. The van der Waals surface area contributed by atoms with E-state index in [1.165, 1.54) is 18.2 Å². The first-order valence-electron chi connectivity index (χ1n) is 6.14. The fourth-order valence-electron chi connectivity index (χ4n) is 1.53. The average Bonchev–Trinajstić information content (AvgIpc) is 2.47. The average molecular weight is 362 g/mol. The summed E-state index contributed by atoms with van der Waals surface area (Å²) in [5.74, 6) is -0.458. The maximum absolute atomic E-state index is 12.5. The molecule has 0 fully saturated rings. The largest absolute Gasteiger partial charge is 0.423 e. The molecule has 0 saturated heterocycles. The summed E-state index contributed by atoms with van der Waals surface area (Å²) in [5, 5.41) is 0.261. The normalized spacial score (nSPS) is 11.7. The van der Waals surface area contributed by atoms with Crippen LogP contribution in [0.15, 0.2) is 42.6 Å². The Morgan fingerprint density at radius 1 is 1.17 bits per heavy atom. The van der Waals surface area contributed by atoms with E-state index in [9.17, 15) is 18.0 Å². The van der Waals surface area contributed by atoms with Crippen LogP contribution < -0.4 is 4.74 Å². The van der Waals surface area contributed by atoms with Crippen molar-refractivity contribution >= 4 is 35.2 Å². The van der Waals surface area contributed by atoms with E-state index < -0.39 is 17.7 Å². The van der Waals surface area contributed by atoms with Crippen LogP contribution in [0.2, 0.25) is 10.0 Å². The summed E-state index contributed by atoms with van der Waals surface area (Å²) in [5.41, 5.74) is -0.948. The third-order valence-corrected chi connectivity index (χ3v) is 3.16. The fraction of sp³-hybridized carbons (Fsp3) is 0.0667. The molecule has 23 heavy (non-hydrogen) atoms. The van der Waals surface area contributed by atoms with Crippen LogP contribution in [-0.2, 0) is 11.0 Å². The highest BCUT2D eigenvalue weighted by molar-refractivity contribution is 6.32. The summed E-state index contributed by atoms with van der Waals surface area (Å²) < 4.78 is 42.4. The number of benzene rings is 1. The van der Waals surface area contributed by atoms with Crippen LogP contribution in [0, 0.1) is 0 Å². The number of hydrogen-bond acceptors (Lipinski definition) is 3. The van der Waals surface area contributed by atoms with Gasteiger partial charge in [-0.05, 0) is 36.4 Å². The minimum Gasteiger partial charge on any atom is -0.423 e. The molecule has 0 bridgehead atoms. The van der Waals surface area contributed by atoms with E-state index in [1.807, 2.05) is 0 Å². The van der Waals surface area contributed by atoms with E-state index in [4.69, 9.17) is 27.9 Å². The summed E-state index contributed by atoms with van der Waals surface area (Å²) in [6, 6.07) is 6.82. The molecule has 2 rings (SSSR count). The molecule has 1 aromatic heterocycles. The lowest BCUT2D eigenvalue weighted by molar-refractivity contribution is -0.137. The number of rotatable bonds is 3. The lowest BCUT2D eigenvalue weighted by Crippen LogP contribution is -2.06. The zero-order valence-electron chi connectivity index (χ0n) is 11.3. The number of aromatic nitrogens is 1. The van der Waals surface area contributed by atoms with E-state index >= 15 is 0 Å². The van der Waals surface area contributed by atoms with Crippen molar-refractivity contribution in [2.24, 2.45) is 0 Å². The van der Waals surface area contributed by atoms with E-state index in [0.717, 1.165) is 12.1 Å². The van der Waals surface area contributed by atoms with Crippen molar-refractivity contribution in [1.82, 2.24) is 4.98 Å². The van der Waals surface area contributed by atoms with Gasteiger partial charge < -0.3 is 4.74 Å². The Hall–Kier alpha value is -2.05. The second-order valence-corrected chi connectivity index (χ2v) is 5.14. The van der Waals surface area contributed by atoms with Gasteiger partial charge in [-0.1, -0.05) is 23.2 Å². The molecule has 1 heterocycles. The van der Waals surface area contributed by atoms with Gasteiger partial charge in [-0.15, -0.1) is 0 Å². The Labute approximate surface area is 139 Å². The molecule has 0 amide bonds. The molecule has 3 nitrogen and oxygen atoms in total. The molecule has 1 aromatic carbocycles. The van der Waals surface area contributed by atoms with Crippen molar-refractivity contribution in [2.45, 2.75) is 6.18 Å². The van der Waals surface area contributed by atoms with Crippen LogP contribution in [0.4, 0.5) is 13.2 Å². The number of pyridine rings is 1. The van der Waals surface area contributed by atoms with Gasteiger partial charge in [0.25, 0.3) is 0 Å². The monoisotopic (exact) mass is 361 g/mol. The lowest BCUT2D eigenvalue weighted by atomic mass is 10.2. The minimum atomic E-state index is -4.54. The van der Waals surface area contributed by atoms with Gasteiger partial charge in [-0.3, -0.25) is 4.98 Å². The SMILES string of the molecule is O=C(/C=C/c1ncc(C(F)(F)F)cc1Cl)Oc1ccc(Cl)cc1. The van der Waals surface area contributed by atoms with Crippen LogP contribution in [-0.4, -0.2) is 11.0 Å². The van der Waals surface area contributed by atoms with Gasteiger partial charge in [0, 0.05) is 17.3 Å². The number of halogens is 5. The van der Waals surface area contributed by atoms with Gasteiger partial charge in [-0.2, -0.15) is 13.2 Å². The summed E-state index contributed by atoms with van der Waals surface area (Å²) in [4.78, 5) is 15.2. The second-order valence-electron chi connectivity index (χ2n) is 4.30. The molecular weight excluding hydrogens is 354 g/mol. The smallest absolute Gasteiger partial charge is 0.417 e. The third kappa shape index (κ3) is 4.97. The minimum absolute atomic E-state index is 0.0210. The first-order valence-corrected chi connectivity index (χ1v) is 6.89. The van der Waals surface area contributed by atoms with Crippen molar-refractivity contribution in [3.63, 3.8) is 0 Å². The highest BCUT2D eigenvalue weighted by atomic mass is 35.5. The quantitative estimate of drug-likeness (QED) is 0.437. The van der Waals surface area contributed by atoms with Crippen LogP contribution in [0.3, 0.4) is 0 Å². The number of ether oxygens (including phenoxy) is 1. The third-order valence-electron chi connectivity index (χ3n) is 2.61. The Morgan fingerprint density at radius 2 is 1.83 bits per heavy atom. The molecular formula is C15H8Cl2F3NO2.